The maximum absolute atomic E-state index is 14.3. The van der Waals surface area contributed by atoms with E-state index in [2.05, 4.69) is 4.98 Å². The summed E-state index contributed by atoms with van der Waals surface area (Å²) in [5.74, 6) is -3.07. The van der Waals surface area contributed by atoms with Crippen LogP contribution in [0.25, 0.3) is 21.3 Å². The molecular formula is C21H20ClF2NO3S. The van der Waals surface area contributed by atoms with Crippen molar-refractivity contribution >= 4 is 39.1 Å². The number of fused-ring (bicyclic) bond motifs is 1. The van der Waals surface area contributed by atoms with Gasteiger partial charge < -0.3 is 9.84 Å². The van der Waals surface area contributed by atoms with Crippen molar-refractivity contribution in [3.63, 3.8) is 0 Å². The summed E-state index contributed by atoms with van der Waals surface area (Å²) in [5.41, 5.74) is 0.461. The van der Waals surface area contributed by atoms with E-state index in [1.165, 1.54) is 11.3 Å². The number of hydrogen-bond donors (Lipinski definition) is 1. The number of carbonyl (C=O) groups is 1. The minimum absolute atomic E-state index is 0.177. The van der Waals surface area contributed by atoms with Crippen molar-refractivity contribution in [2.24, 2.45) is 0 Å². The Kier molecular flexibility index (Phi) is 5.69. The van der Waals surface area contributed by atoms with Crippen LogP contribution >= 0.6 is 22.9 Å². The number of carboxylic acid groups (broad SMARTS) is 1. The first-order valence-electron chi connectivity index (χ1n) is 8.85. The molecule has 0 spiro atoms. The highest BCUT2D eigenvalue weighted by Gasteiger charge is 2.33. The van der Waals surface area contributed by atoms with E-state index in [0.29, 0.717) is 21.5 Å². The first-order valence-corrected chi connectivity index (χ1v) is 10.0. The second kappa shape index (κ2) is 7.63. The highest BCUT2D eigenvalue weighted by atomic mass is 35.5. The summed E-state index contributed by atoms with van der Waals surface area (Å²) >= 11 is 7.07. The van der Waals surface area contributed by atoms with E-state index in [-0.39, 0.29) is 11.1 Å². The summed E-state index contributed by atoms with van der Waals surface area (Å²) in [6.45, 7) is 8.76. The van der Waals surface area contributed by atoms with Gasteiger partial charge in [-0.2, -0.15) is 0 Å². The Hall–Kier alpha value is -2.09. The number of carboxylic acids is 1. The zero-order valence-electron chi connectivity index (χ0n) is 16.6. The van der Waals surface area contributed by atoms with Gasteiger partial charge in [0.15, 0.2) is 6.10 Å². The molecule has 0 amide bonds. The molecule has 0 fully saturated rings. The number of thiophene rings is 1. The molecule has 0 saturated carbocycles. The lowest BCUT2D eigenvalue weighted by atomic mass is 9.92. The van der Waals surface area contributed by atoms with Gasteiger partial charge in [-0.25, -0.2) is 18.6 Å². The first-order chi connectivity index (χ1) is 13.4. The first kappa shape index (κ1) is 21.6. The van der Waals surface area contributed by atoms with Gasteiger partial charge in [0.2, 0.25) is 0 Å². The van der Waals surface area contributed by atoms with Crippen molar-refractivity contribution in [2.75, 3.05) is 0 Å². The van der Waals surface area contributed by atoms with Crippen molar-refractivity contribution in [3.8, 4) is 11.1 Å². The van der Waals surface area contributed by atoms with Gasteiger partial charge in [0.05, 0.1) is 5.60 Å². The lowest BCUT2D eigenvalue weighted by molar-refractivity contribution is -0.160. The van der Waals surface area contributed by atoms with Gasteiger partial charge in [0.25, 0.3) is 0 Å². The number of rotatable bonds is 4. The molecule has 0 aliphatic heterocycles. The fourth-order valence-electron chi connectivity index (χ4n) is 3.22. The van der Waals surface area contributed by atoms with Gasteiger partial charge in [0.1, 0.15) is 21.5 Å². The molecule has 2 heterocycles. The van der Waals surface area contributed by atoms with E-state index >= 15 is 0 Å². The third kappa shape index (κ3) is 4.27. The summed E-state index contributed by atoms with van der Waals surface area (Å²) in [4.78, 5) is 18.2. The third-order valence-electron chi connectivity index (χ3n) is 4.26. The number of halogens is 3. The zero-order valence-corrected chi connectivity index (χ0v) is 18.1. The fraction of sp³-hybridized carbons (Fsp3) is 0.333. The molecule has 0 unspecified atom stereocenters. The molecule has 1 N–H and O–H groups in total. The monoisotopic (exact) mass is 439 g/mol. The Bertz CT molecular complexity index is 1100. The van der Waals surface area contributed by atoms with E-state index in [4.69, 9.17) is 16.3 Å². The summed E-state index contributed by atoms with van der Waals surface area (Å²) in [5, 5.41) is 9.89. The molecule has 1 atom stereocenters. The molecule has 29 heavy (non-hydrogen) atoms. The highest BCUT2D eigenvalue weighted by Crippen LogP contribution is 2.42. The molecule has 154 valence electrons. The van der Waals surface area contributed by atoms with Crippen LogP contribution in [0.3, 0.4) is 0 Å². The van der Waals surface area contributed by atoms with Crippen molar-refractivity contribution in [1.29, 1.82) is 0 Å². The minimum Gasteiger partial charge on any atom is -0.479 e. The van der Waals surface area contributed by atoms with Gasteiger partial charge in [-0.05, 0) is 58.4 Å². The Morgan fingerprint density at radius 1 is 1.21 bits per heavy atom. The van der Waals surface area contributed by atoms with Crippen LogP contribution in [0.1, 0.15) is 43.0 Å². The van der Waals surface area contributed by atoms with E-state index in [1.807, 2.05) is 13.0 Å². The number of ether oxygens (including phenoxy) is 1. The minimum atomic E-state index is -1.37. The number of nitrogens with zero attached hydrogens (tertiary/aromatic N) is 1. The second-order valence-electron chi connectivity index (χ2n) is 7.76. The third-order valence-corrected chi connectivity index (χ3v) is 5.57. The lowest BCUT2D eigenvalue weighted by Crippen LogP contribution is -2.28. The van der Waals surface area contributed by atoms with E-state index in [0.717, 1.165) is 17.0 Å². The average molecular weight is 440 g/mol. The molecular weight excluding hydrogens is 420 g/mol. The van der Waals surface area contributed by atoms with Crippen LogP contribution in [0.5, 0.6) is 0 Å². The van der Waals surface area contributed by atoms with Crippen LogP contribution in [0.4, 0.5) is 8.78 Å². The maximum Gasteiger partial charge on any atom is 0.337 e. The maximum atomic E-state index is 14.3. The van der Waals surface area contributed by atoms with Crippen molar-refractivity contribution in [3.05, 3.63) is 51.0 Å². The van der Waals surface area contributed by atoms with Crippen molar-refractivity contribution < 1.29 is 23.4 Å². The van der Waals surface area contributed by atoms with Crippen LogP contribution in [0, 0.1) is 25.5 Å². The number of aliphatic carboxylic acids is 1. The molecule has 0 aliphatic rings. The SMILES string of the molecule is Cc1cc2c(-c3cc(F)c(Cl)c(F)c3)c([C@H](OC(C)(C)C)C(=O)O)c(C)nc2s1. The van der Waals surface area contributed by atoms with Crippen LogP contribution in [-0.2, 0) is 9.53 Å². The zero-order chi connectivity index (χ0) is 21.7. The smallest absolute Gasteiger partial charge is 0.337 e. The van der Waals surface area contributed by atoms with Gasteiger partial charge >= 0.3 is 5.97 Å². The van der Waals surface area contributed by atoms with Gasteiger partial charge in [-0.15, -0.1) is 11.3 Å². The molecule has 0 saturated heterocycles. The van der Waals surface area contributed by atoms with Crippen LogP contribution in [0.15, 0.2) is 18.2 Å². The van der Waals surface area contributed by atoms with Crippen LogP contribution < -0.4 is 0 Å². The lowest BCUT2D eigenvalue weighted by Gasteiger charge is -2.27. The Morgan fingerprint density at radius 3 is 2.31 bits per heavy atom. The van der Waals surface area contributed by atoms with Crippen molar-refractivity contribution in [2.45, 2.75) is 46.3 Å². The number of aryl methyl sites for hydroxylation is 2. The summed E-state index contributed by atoms with van der Waals surface area (Å²) in [6, 6.07) is 4.03. The summed E-state index contributed by atoms with van der Waals surface area (Å²) in [6.07, 6.45) is -1.37. The van der Waals surface area contributed by atoms with Gasteiger partial charge in [0, 0.05) is 27.1 Å². The van der Waals surface area contributed by atoms with Crippen LogP contribution in [0.2, 0.25) is 5.02 Å². The molecule has 8 heteroatoms. The standard InChI is InChI=1S/C21H20ClF2NO3S/c1-9-6-12-16(11-7-13(23)17(22)14(24)8-11)15(10(2)25-19(12)29-9)18(20(26)27)28-21(3,4)5/h6-8,18H,1-5H3,(H,26,27)/t18-/m0/s1. The molecule has 3 aromatic rings. The van der Waals surface area contributed by atoms with E-state index < -0.39 is 34.3 Å². The molecule has 4 nitrogen and oxygen atoms in total. The predicted molar refractivity (Wildman–Crippen MR) is 111 cm³/mol. The average Bonchev–Trinajstić information content (AvgIpc) is 2.94. The fourth-order valence-corrected chi connectivity index (χ4v) is 4.27. The molecule has 0 radical (unpaired) electrons. The number of pyridine rings is 1. The quantitative estimate of drug-likeness (QED) is 0.474. The Balaban J connectivity index is 2.43. The predicted octanol–water partition coefficient (Wildman–Crippen LogP) is 6.45. The van der Waals surface area contributed by atoms with Gasteiger partial charge in [-0.1, -0.05) is 11.6 Å². The number of benzene rings is 1. The van der Waals surface area contributed by atoms with E-state index in [9.17, 15) is 18.7 Å². The normalized spacial score (nSPS) is 13.1. The Morgan fingerprint density at radius 2 is 1.79 bits per heavy atom. The molecule has 0 aliphatic carbocycles. The van der Waals surface area contributed by atoms with Gasteiger partial charge in [-0.3, -0.25) is 0 Å². The topological polar surface area (TPSA) is 59.4 Å². The van der Waals surface area contributed by atoms with E-state index in [1.54, 1.807) is 27.7 Å². The summed E-state index contributed by atoms with van der Waals surface area (Å²) in [7, 11) is 0. The number of aromatic nitrogens is 1. The van der Waals surface area contributed by atoms with Crippen molar-refractivity contribution in [1.82, 2.24) is 4.98 Å². The molecule has 0 bridgehead atoms. The highest BCUT2D eigenvalue weighted by molar-refractivity contribution is 7.18. The molecule has 3 rings (SSSR count). The molecule has 1 aromatic carbocycles. The summed E-state index contributed by atoms with van der Waals surface area (Å²) < 4.78 is 34.3. The number of hydrogen-bond acceptors (Lipinski definition) is 4. The largest absolute Gasteiger partial charge is 0.479 e. The van der Waals surface area contributed by atoms with Crippen LogP contribution in [-0.4, -0.2) is 21.7 Å². The Labute approximate surface area is 176 Å². The molecule has 2 aromatic heterocycles. The second-order valence-corrected chi connectivity index (χ2v) is 9.38.